The van der Waals surface area contributed by atoms with E-state index in [2.05, 4.69) is 15.3 Å². The molecule has 1 amide bonds. The average molecular weight is 265 g/mol. The Bertz CT molecular complexity index is 473. The van der Waals surface area contributed by atoms with Crippen molar-refractivity contribution in [3.8, 4) is 0 Å². The van der Waals surface area contributed by atoms with E-state index in [0.717, 1.165) is 18.7 Å². The Balaban J connectivity index is 1.66. The van der Waals surface area contributed by atoms with Crippen LogP contribution in [0.5, 0.6) is 0 Å². The first-order valence-corrected chi connectivity index (χ1v) is 6.63. The summed E-state index contributed by atoms with van der Waals surface area (Å²) < 4.78 is 10.9. The van der Waals surface area contributed by atoms with E-state index in [9.17, 15) is 4.79 Å². The van der Waals surface area contributed by atoms with Crippen LogP contribution < -0.4 is 5.32 Å². The van der Waals surface area contributed by atoms with Crippen molar-refractivity contribution in [2.45, 2.75) is 25.5 Å². The lowest BCUT2D eigenvalue weighted by Crippen LogP contribution is -2.62. The van der Waals surface area contributed by atoms with Gasteiger partial charge in [-0.1, -0.05) is 0 Å². The van der Waals surface area contributed by atoms with Gasteiger partial charge in [-0.3, -0.25) is 4.79 Å². The number of nitrogens with zero attached hydrogens (tertiary/aromatic N) is 1. The lowest BCUT2D eigenvalue weighted by atomic mass is 9.67. The van der Waals surface area contributed by atoms with E-state index in [4.69, 9.17) is 9.47 Å². The summed E-state index contributed by atoms with van der Waals surface area (Å²) >= 11 is 0. The fourth-order valence-electron chi connectivity index (χ4n) is 3.18. The lowest BCUT2D eigenvalue weighted by Gasteiger charge is -2.47. The van der Waals surface area contributed by atoms with Gasteiger partial charge in [-0.2, -0.15) is 0 Å². The molecule has 4 atom stereocenters. The van der Waals surface area contributed by atoms with Gasteiger partial charge in [0.25, 0.3) is 5.91 Å². The molecule has 19 heavy (non-hydrogen) atoms. The molecule has 6 heteroatoms. The number of fused-ring (bicyclic) bond motifs is 1. The molecule has 2 heterocycles. The summed E-state index contributed by atoms with van der Waals surface area (Å²) in [5.41, 5.74) is 0.884. The number of rotatable bonds is 4. The molecule has 0 spiro atoms. The zero-order valence-electron chi connectivity index (χ0n) is 11.2. The van der Waals surface area contributed by atoms with Crippen LogP contribution in [0.2, 0.25) is 0 Å². The first kappa shape index (κ1) is 12.6. The molecule has 1 saturated heterocycles. The molecule has 1 aliphatic heterocycles. The maximum Gasteiger partial charge on any atom is 0.287 e. The number of hydrogen-bond acceptors (Lipinski definition) is 4. The largest absolute Gasteiger partial charge is 0.384 e. The van der Waals surface area contributed by atoms with Crippen molar-refractivity contribution < 1.29 is 14.3 Å². The minimum absolute atomic E-state index is 0.130. The second kappa shape index (κ2) is 4.94. The van der Waals surface area contributed by atoms with Gasteiger partial charge >= 0.3 is 0 Å². The van der Waals surface area contributed by atoms with Gasteiger partial charge in [0.15, 0.2) is 5.82 Å². The molecule has 0 radical (unpaired) electrons. The normalized spacial score (nSPS) is 32.7. The van der Waals surface area contributed by atoms with Crippen LogP contribution in [0, 0.1) is 18.8 Å². The molecule has 1 aromatic rings. The van der Waals surface area contributed by atoms with Gasteiger partial charge < -0.3 is 19.8 Å². The molecule has 2 aliphatic rings. The molecular formula is C13H19N3O3. The van der Waals surface area contributed by atoms with Crippen molar-refractivity contribution in [1.82, 2.24) is 15.3 Å². The highest BCUT2D eigenvalue weighted by Crippen LogP contribution is 2.43. The van der Waals surface area contributed by atoms with Crippen molar-refractivity contribution in [2.24, 2.45) is 11.8 Å². The quantitative estimate of drug-likeness (QED) is 0.831. The van der Waals surface area contributed by atoms with E-state index in [0.29, 0.717) is 18.3 Å². The molecule has 0 aromatic carbocycles. The van der Waals surface area contributed by atoms with Crippen LogP contribution in [-0.2, 0) is 9.47 Å². The molecular weight excluding hydrogens is 246 g/mol. The number of aryl methyl sites for hydroxylation is 1. The second-order valence-corrected chi connectivity index (χ2v) is 5.32. The van der Waals surface area contributed by atoms with Gasteiger partial charge in [-0.15, -0.1) is 0 Å². The molecule has 104 valence electrons. The predicted octanol–water partition coefficient (Wildman–Crippen LogP) is 0.498. The summed E-state index contributed by atoms with van der Waals surface area (Å²) in [5, 5.41) is 3.06. The predicted molar refractivity (Wildman–Crippen MR) is 67.8 cm³/mol. The number of hydrogen-bond donors (Lipinski definition) is 2. The SMILES string of the molecule is COC[C@H]1[C@@H](NC(=O)c2ncc(C)[nH]2)[C@@H]2CCO[C@@H]21. The summed E-state index contributed by atoms with van der Waals surface area (Å²) in [6.07, 6.45) is 2.90. The number of carbonyl (C=O) groups is 1. The van der Waals surface area contributed by atoms with Crippen LogP contribution in [0.15, 0.2) is 6.20 Å². The number of ether oxygens (including phenoxy) is 2. The van der Waals surface area contributed by atoms with Gasteiger partial charge in [0, 0.05) is 43.5 Å². The Morgan fingerprint density at radius 3 is 3.21 bits per heavy atom. The van der Waals surface area contributed by atoms with Crippen molar-refractivity contribution >= 4 is 5.91 Å². The van der Waals surface area contributed by atoms with Crippen molar-refractivity contribution in [3.63, 3.8) is 0 Å². The molecule has 2 fully saturated rings. The Labute approximate surface area is 111 Å². The highest BCUT2D eigenvalue weighted by molar-refractivity contribution is 5.90. The fourth-order valence-corrected chi connectivity index (χ4v) is 3.18. The first-order valence-electron chi connectivity index (χ1n) is 6.63. The topological polar surface area (TPSA) is 76.2 Å². The molecule has 1 aromatic heterocycles. The van der Waals surface area contributed by atoms with E-state index < -0.39 is 0 Å². The molecule has 2 N–H and O–H groups in total. The third-order valence-electron chi connectivity index (χ3n) is 4.10. The summed E-state index contributed by atoms with van der Waals surface area (Å²) in [6, 6.07) is 0.130. The van der Waals surface area contributed by atoms with Crippen LogP contribution in [0.1, 0.15) is 22.7 Å². The van der Waals surface area contributed by atoms with Crippen LogP contribution in [0.4, 0.5) is 0 Å². The molecule has 1 aliphatic carbocycles. The van der Waals surface area contributed by atoms with E-state index in [1.165, 1.54) is 0 Å². The minimum atomic E-state index is -0.149. The smallest absolute Gasteiger partial charge is 0.287 e. The second-order valence-electron chi connectivity index (χ2n) is 5.32. The molecule has 6 nitrogen and oxygen atoms in total. The van der Waals surface area contributed by atoms with Crippen molar-refractivity contribution in [2.75, 3.05) is 20.3 Å². The lowest BCUT2D eigenvalue weighted by molar-refractivity contribution is -0.0810. The molecule has 3 rings (SSSR count). The number of imidazole rings is 1. The Morgan fingerprint density at radius 1 is 1.68 bits per heavy atom. The Hall–Kier alpha value is -1.40. The summed E-state index contributed by atoms with van der Waals surface area (Å²) in [4.78, 5) is 19.1. The van der Waals surface area contributed by atoms with E-state index in [1.54, 1.807) is 13.3 Å². The fraction of sp³-hybridized carbons (Fsp3) is 0.692. The van der Waals surface area contributed by atoms with Crippen molar-refractivity contribution in [1.29, 1.82) is 0 Å². The molecule has 1 saturated carbocycles. The highest BCUT2D eigenvalue weighted by Gasteiger charge is 2.54. The zero-order chi connectivity index (χ0) is 13.4. The molecule has 0 unspecified atom stereocenters. The standard InChI is InChI=1S/C13H19N3O3/c1-7-5-14-12(15-7)13(17)16-10-8-3-4-19-11(8)9(10)6-18-2/h5,8-11H,3-4,6H2,1-2H3,(H,14,15)(H,16,17)/t8-,9-,10-,11-/m0/s1. The number of nitrogens with one attached hydrogen (secondary N) is 2. The third-order valence-corrected chi connectivity index (χ3v) is 4.10. The van der Waals surface area contributed by atoms with Gasteiger partial charge in [-0.25, -0.2) is 4.98 Å². The van der Waals surface area contributed by atoms with Crippen molar-refractivity contribution in [3.05, 3.63) is 17.7 Å². The van der Waals surface area contributed by atoms with Gasteiger partial charge in [-0.05, 0) is 13.3 Å². The van der Waals surface area contributed by atoms with Crippen LogP contribution in [0.3, 0.4) is 0 Å². The Morgan fingerprint density at radius 2 is 2.53 bits per heavy atom. The maximum absolute atomic E-state index is 12.1. The van der Waals surface area contributed by atoms with Crippen LogP contribution in [-0.4, -0.2) is 48.3 Å². The van der Waals surface area contributed by atoms with E-state index >= 15 is 0 Å². The monoisotopic (exact) mass is 265 g/mol. The first-order chi connectivity index (χ1) is 9.20. The maximum atomic E-state index is 12.1. The number of H-pyrrole nitrogens is 1. The highest BCUT2D eigenvalue weighted by atomic mass is 16.5. The van der Waals surface area contributed by atoms with Crippen LogP contribution in [0.25, 0.3) is 0 Å². The van der Waals surface area contributed by atoms with Gasteiger partial charge in [0.05, 0.1) is 12.7 Å². The summed E-state index contributed by atoms with van der Waals surface area (Å²) in [7, 11) is 1.68. The van der Waals surface area contributed by atoms with Gasteiger partial charge in [0.1, 0.15) is 0 Å². The molecule has 0 bridgehead atoms. The number of aromatic amines is 1. The Kier molecular flexibility index (Phi) is 3.28. The van der Waals surface area contributed by atoms with Gasteiger partial charge in [0.2, 0.25) is 0 Å². The number of aromatic nitrogens is 2. The van der Waals surface area contributed by atoms with E-state index in [-0.39, 0.29) is 24.0 Å². The van der Waals surface area contributed by atoms with E-state index in [1.807, 2.05) is 6.92 Å². The third kappa shape index (κ3) is 2.15. The summed E-state index contributed by atoms with van der Waals surface area (Å²) in [5.74, 6) is 0.887. The van der Waals surface area contributed by atoms with Crippen LogP contribution >= 0.6 is 0 Å². The minimum Gasteiger partial charge on any atom is -0.384 e. The number of methoxy groups -OCH3 is 1. The average Bonchev–Trinajstić information content (AvgIpc) is 3.00. The zero-order valence-corrected chi connectivity index (χ0v) is 11.2. The summed E-state index contributed by atoms with van der Waals surface area (Å²) in [6.45, 7) is 3.27. The number of amides is 1. The number of carbonyl (C=O) groups excluding carboxylic acids is 1.